The van der Waals surface area contributed by atoms with E-state index in [1.54, 1.807) is 0 Å². The molecule has 2 heteroatoms. The van der Waals surface area contributed by atoms with Crippen molar-refractivity contribution in [2.75, 3.05) is 0 Å². The molecule has 1 aromatic heterocycles. The van der Waals surface area contributed by atoms with E-state index in [4.69, 9.17) is 5.73 Å². The molecule has 1 fully saturated rings. The predicted molar refractivity (Wildman–Crippen MR) is 62.6 cm³/mol. The molecule has 1 unspecified atom stereocenters. The van der Waals surface area contributed by atoms with Gasteiger partial charge in [-0.25, -0.2) is 0 Å². The molecule has 1 aliphatic rings. The van der Waals surface area contributed by atoms with E-state index in [0.29, 0.717) is 6.04 Å². The van der Waals surface area contributed by atoms with Crippen molar-refractivity contribution in [3.8, 4) is 0 Å². The van der Waals surface area contributed by atoms with Gasteiger partial charge in [0.1, 0.15) is 0 Å². The predicted octanol–water partition coefficient (Wildman–Crippen LogP) is 3.20. The lowest BCUT2D eigenvalue weighted by Gasteiger charge is -2.17. The first kappa shape index (κ1) is 10.2. The van der Waals surface area contributed by atoms with Crippen molar-refractivity contribution in [1.29, 1.82) is 0 Å². The largest absolute Gasteiger partial charge is 0.327 e. The third-order valence-corrected chi connectivity index (χ3v) is 4.25. The first-order chi connectivity index (χ1) is 6.86. The van der Waals surface area contributed by atoms with Gasteiger partial charge in [-0.2, -0.15) is 0 Å². The summed E-state index contributed by atoms with van der Waals surface area (Å²) in [5, 5.41) is 2.15. The Balaban J connectivity index is 1.74. The SMILES string of the molecule is NC(CCc1cccs1)C1CCCC1. The maximum absolute atomic E-state index is 6.20. The van der Waals surface area contributed by atoms with Crippen molar-refractivity contribution in [3.05, 3.63) is 22.4 Å². The number of rotatable bonds is 4. The van der Waals surface area contributed by atoms with Gasteiger partial charge in [0, 0.05) is 10.9 Å². The van der Waals surface area contributed by atoms with Crippen LogP contribution in [0.2, 0.25) is 0 Å². The molecule has 1 nitrogen and oxygen atoms in total. The molecule has 1 atom stereocenters. The van der Waals surface area contributed by atoms with Crippen LogP contribution >= 0.6 is 11.3 Å². The molecule has 0 aliphatic heterocycles. The van der Waals surface area contributed by atoms with Crippen LogP contribution in [0.5, 0.6) is 0 Å². The molecule has 78 valence electrons. The zero-order valence-corrected chi connectivity index (χ0v) is 9.43. The van der Waals surface area contributed by atoms with Crippen LogP contribution in [0, 0.1) is 5.92 Å². The highest BCUT2D eigenvalue weighted by Gasteiger charge is 2.21. The maximum Gasteiger partial charge on any atom is 0.00706 e. The van der Waals surface area contributed by atoms with Crippen LogP contribution in [0.15, 0.2) is 17.5 Å². The fraction of sp³-hybridized carbons (Fsp3) is 0.667. The summed E-state index contributed by atoms with van der Waals surface area (Å²) >= 11 is 1.85. The summed E-state index contributed by atoms with van der Waals surface area (Å²) in [5.41, 5.74) is 6.20. The first-order valence-corrected chi connectivity index (χ1v) is 6.52. The molecular formula is C12H19NS. The van der Waals surface area contributed by atoms with Crippen molar-refractivity contribution >= 4 is 11.3 Å². The average Bonchev–Trinajstić information content (AvgIpc) is 2.87. The lowest BCUT2D eigenvalue weighted by Crippen LogP contribution is -2.28. The van der Waals surface area contributed by atoms with Gasteiger partial charge in [0.2, 0.25) is 0 Å². The van der Waals surface area contributed by atoms with Gasteiger partial charge >= 0.3 is 0 Å². The zero-order valence-electron chi connectivity index (χ0n) is 8.61. The van der Waals surface area contributed by atoms with E-state index in [-0.39, 0.29) is 0 Å². The van der Waals surface area contributed by atoms with E-state index >= 15 is 0 Å². The Morgan fingerprint density at radius 3 is 2.86 bits per heavy atom. The number of hydrogen-bond donors (Lipinski definition) is 1. The Morgan fingerprint density at radius 2 is 2.21 bits per heavy atom. The number of aryl methyl sites for hydroxylation is 1. The van der Waals surface area contributed by atoms with Gasteiger partial charge in [0.15, 0.2) is 0 Å². The standard InChI is InChI=1S/C12H19NS/c13-12(10-4-1-2-5-10)8-7-11-6-3-9-14-11/h3,6,9-10,12H,1-2,4-5,7-8,13H2. The molecule has 0 radical (unpaired) electrons. The topological polar surface area (TPSA) is 26.0 Å². The van der Waals surface area contributed by atoms with Gasteiger partial charge in [0.25, 0.3) is 0 Å². The maximum atomic E-state index is 6.20. The second kappa shape index (κ2) is 4.94. The fourth-order valence-corrected chi connectivity index (χ4v) is 3.11. The third-order valence-electron chi connectivity index (χ3n) is 3.31. The highest BCUT2D eigenvalue weighted by Crippen LogP contribution is 2.28. The monoisotopic (exact) mass is 209 g/mol. The summed E-state index contributed by atoms with van der Waals surface area (Å²) in [4.78, 5) is 1.48. The molecule has 2 N–H and O–H groups in total. The summed E-state index contributed by atoms with van der Waals surface area (Å²) < 4.78 is 0. The Kier molecular flexibility index (Phi) is 3.60. The summed E-state index contributed by atoms with van der Waals surface area (Å²) in [6.07, 6.45) is 7.88. The summed E-state index contributed by atoms with van der Waals surface area (Å²) in [6, 6.07) is 4.78. The van der Waals surface area contributed by atoms with Gasteiger partial charge in [-0.1, -0.05) is 18.9 Å². The van der Waals surface area contributed by atoms with Gasteiger partial charge in [-0.15, -0.1) is 11.3 Å². The Morgan fingerprint density at radius 1 is 1.43 bits per heavy atom. The van der Waals surface area contributed by atoms with Crippen molar-refractivity contribution in [2.45, 2.75) is 44.6 Å². The number of thiophene rings is 1. The highest BCUT2D eigenvalue weighted by molar-refractivity contribution is 7.09. The second-order valence-corrected chi connectivity index (χ2v) is 5.36. The van der Waals surface area contributed by atoms with Crippen LogP contribution < -0.4 is 5.73 Å². The van der Waals surface area contributed by atoms with Crippen molar-refractivity contribution in [2.24, 2.45) is 11.7 Å². The van der Waals surface area contributed by atoms with E-state index in [9.17, 15) is 0 Å². The number of hydrogen-bond acceptors (Lipinski definition) is 2. The smallest absolute Gasteiger partial charge is 0.00706 e. The molecule has 0 spiro atoms. The van der Waals surface area contributed by atoms with Crippen LogP contribution in [-0.2, 0) is 6.42 Å². The Hall–Kier alpha value is -0.340. The van der Waals surface area contributed by atoms with Crippen molar-refractivity contribution in [1.82, 2.24) is 0 Å². The second-order valence-electron chi connectivity index (χ2n) is 4.33. The van der Waals surface area contributed by atoms with E-state index < -0.39 is 0 Å². The molecule has 1 aromatic rings. The Bertz CT molecular complexity index is 249. The lowest BCUT2D eigenvalue weighted by molar-refractivity contribution is 0.411. The molecule has 1 heterocycles. The summed E-state index contributed by atoms with van der Waals surface area (Å²) in [6.45, 7) is 0. The fourth-order valence-electron chi connectivity index (χ4n) is 2.39. The first-order valence-electron chi connectivity index (χ1n) is 5.64. The highest BCUT2D eigenvalue weighted by atomic mass is 32.1. The van der Waals surface area contributed by atoms with Gasteiger partial charge in [-0.05, 0) is 43.0 Å². The van der Waals surface area contributed by atoms with Gasteiger partial charge in [0.05, 0.1) is 0 Å². The van der Waals surface area contributed by atoms with Crippen LogP contribution in [0.25, 0.3) is 0 Å². The van der Waals surface area contributed by atoms with Crippen LogP contribution in [0.4, 0.5) is 0 Å². The quantitative estimate of drug-likeness (QED) is 0.809. The molecule has 1 aliphatic carbocycles. The zero-order chi connectivity index (χ0) is 9.80. The molecular weight excluding hydrogens is 190 g/mol. The third kappa shape index (κ3) is 2.58. The minimum atomic E-state index is 0.444. The lowest BCUT2D eigenvalue weighted by atomic mass is 9.95. The molecule has 1 saturated carbocycles. The normalized spacial score (nSPS) is 20.1. The molecule has 0 amide bonds. The van der Waals surface area contributed by atoms with E-state index in [1.165, 1.54) is 43.4 Å². The van der Waals surface area contributed by atoms with Crippen LogP contribution in [-0.4, -0.2) is 6.04 Å². The van der Waals surface area contributed by atoms with Gasteiger partial charge < -0.3 is 5.73 Å². The van der Waals surface area contributed by atoms with E-state index in [1.807, 2.05) is 11.3 Å². The molecule has 0 saturated heterocycles. The van der Waals surface area contributed by atoms with Crippen LogP contribution in [0.1, 0.15) is 37.0 Å². The van der Waals surface area contributed by atoms with Crippen molar-refractivity contribution in [3.63, 3.8) is 0 Å². The Labute approximate surface area is 90.3 Å². The molecule has 0 aromatic carbocycles. The minimum Gasteiger partial charge on any atom is -0.327 e. The number of nitrogens with two attached hydrogens (primary N) is 1. The van der Waals surface area contributed by atoms with Gasteiger partial charge in [-0.3, -0.25) is 0 Å². The van der Waals surface area contributed by atoms with Crippen molar-refractivity contribution < 1.29 is 0 Å². The summed E-state index contributed by atoms with van der Waals surface area (Å²) in [7, 11) is 0. The van der Waals surface area contributed by atoms with Crippen LogP contribution in [0.3, 0.4) is 0 Å². The minimum absolute atomic E-state index is 0.444. The summed E-state index contributed by atoms with van der Waals surface area (Å²) in [5.74, 6) is 0.815. The van der Waals surface area contributed by atoms with E-state index in [2.05, 4.69) is 17.5 Å². The molecule has 0 bridgehead atoms. The molecule has 2 rings (SSSR count). The molecule has 14 heavy (non-hydrogen) atoms. The van der Waals surface area contributed by atoms with E-state index in [0.717, 1.165) is 5.92 Å². The average molecular weight is 209 g/mol.